The third-order valence-electron chi connectivity index (χ3n) is 2.50. The van der Waals surface area contributed by atoms with Gasteiger partial charge in [0.2, 0.25) is 0 Å². The fourth-order valence-corrected chi connectivity index (χ4v) is 1.74. The molecule has 2 aromatic carbocycles. The summed E-state index contributed by atoms with van der Waals surface area (Å²) < 4.78 is 0. The average molecular weight is 262 g/mol. The first kappa shape index (κ1) is 11.8. The molecule has 0 aromatic heterocycles. The van der Waals surface area contributed by atoms with Crippen molar-refractivity contribution in [2.75, 3.05) is 0 Å². The molecule has 0 saturated carbocycles. The number of fused-ring (bicyclic) bond motifs is 1. The number of unbranched alkanes of at least 4 members (excludes halogenated alkanes) is 1. The van der Waals surface area contributed by atoms with Crippen LogP contribution in [0.15, 0.2) is 36.4 Å². The molecule has 0 atom stereocenters. The molecule has 0 nitrogen and oxygen atoms in total. The third-order valence-corrected chi connectivity index (χ3v) is 2.50. The Hall–Kier alpha value is -0.287. The Morgan fingerprint density at radius 3 is 2.71 bits per heavy atom. The Labute approximate surface area is 105 Å². The minimum Gasteiger partial charge on any atom is -0.165 e. The zero-order valence-corrected chi connectivity index (χ0v) is 11.0. The summed E-state index contributed by atoms with van der Waals surface area (Å²) in [4.78, 5) is 0. The Balaban J connectivity index is 0.000000980. The van der Waals surface area contributed by atoms with Crippen molar-refractivity contribution >= 4 is 10.8 Å². The normalized spacial score (nSPS) is 10.1. The number of rotatable bonds is 3. The van der Waals surface area contributed by atoms with Crippen LogP contribution in [0.4, 0.5) is 0 Å². The summed E-state index contributed by atoms with van der Waals surface area (Å²) in [5, 5.41) is 2.77. The molecule has 72 valence electrons. The van der Waals surface area contributed by atoms with E-state index in [2.05, 4.69) is 43.3 Å². The Kier molecular flexibility index (Phi) is 4.68. The van der Waals surface area contributed by atoms with Crippen molar-refractivity contribution in [2.45, 2.75) is 26.2 Å². The van der Waals surface area contributed by atoms with E-state index in [1.807, 2.05) is 0 Å². The van der Waals surface area contributed by atoms with Gasteiger partial charge >= 0.3 is 0 Å². The molecule has 2 aromatic rings. The predicted octanol–water partition coefficient (Wildman–Crippen LogP) is 3.90. The molecule has 0 aliphatic rings. The van der Waals surface area contributed by atoms with E-state index >= 15 is 0 Å². The van der Waals surface area contributed by atoms with E-state index in [0.29, 0.717) is 0 Å². The van der Waals surface area contributed by atoms with E-state index in [-0.39, 0.29) is 26.2 Å². The first-order valence-electron chi connectivity index (χ1n) is 5.04. The van der Waals surface area contributed by atoms with Crippen LogP contribution in [-0.2, 0) is 32.6 Å². The molecule has 0 N–H and O–H groups in total. The maximum atomic E-state index is 2.31. The molecule has 0 spiro atoms. The van der Waals surface area contributed by atoms with E-state index < -0.39 is 0 Å². The predicted molar refractivity (Wildman–Crippen MR) is 58.2 cm³/mol. The van der Waals surface area contributed by atoms with Crippen LogP contribution in [0.1, 0.15) is 25.3 Å². The molecule has 0 amide bonds. The molecule has 2 rings (SSSR count). The molecule has 0 aliphatic heterocycles. The van der Waals surface area contributed by atoms with Crippen LogP contribution in [0.2, 0.25) is 0 Å². The van der Waals surface area contributed by atoms with Crippen LogP contribution in [0.25, 0.3) is 10.8 Å². The van der Waals surface area contributed by atoms with Gasteiger partial charge in [-0.1, -0.05) is 25.8 Å². The second-order valence-corrected chi connectivity index (χ2v) is 3.60. The number of hydrogen-bond donors (Lipinski definition) is 0. The molecule has 0 fully saturated rings. The molecule has 0 unspecified atom stereocenters. The summed E-state index contributed by atoms with van der Waals surface area (Å²) in [5.74, 6) is 0. The summed E-state index contributed by atoms with van der Waals surface area (Å²) in [6.07, 6.45) is 3.81. The van der Waals surface area contributed by atoms with Crippen molar-refractivity contribution in [1.82, 2.24) is 0 Å². The quantitative estimate of drug-likeness (QED) is 0.736. The van der Waals surface area contributed by atoms with Gasteiger partial charge in [0.15, 0.2) is 0 Å². The maximum Gasteiger partial charge on any atom is 0 e. The topological polar surface area (TPSA) is 0 Å². The standard InChI is InChI=1S/C13H15.Zr/c1-2-3-6-11-9-12-7-4-5-8-13(12)10-11;/h4-5,7-10H,2-3,6H2,1H3;/q-1;. The monoisotopic (exact) mass is 261 g/mol. The second-order valence-electron chi connectivity index (χ2n) is 3.60. The smallest absolute Gasteiger partial charge is 0 e. The largest absolute Gasteiger partial charge is 0.165 e. The fraction of sp³-hybridized carbons (Fsp3) is 0.308. The maximum absolute atomic E-state index is 2.31. The van der Waals surface area contributed by atoms with E-state index in [1.54, 1.807) is 0 Å². The van der Waals surface area contributed by atoms with Crippen molar-refractivity contribution in [3.05, 3.63) is 42.0 Å². The summed E-state index contributed by atoms with van der Waals surface area (Å²) in [7, 11) is 0. The first-order valence-corrected chi connectivity index (χ1v) is 5.04. The van der Waals surface area contributed by atoms with E-state index in [4.69, 9.17) is 0 Å². The van der Waals surface area contributed by atoms with Crippen molar-refractivity contribution in [1.29, 1.82) is 0 Å². The van der Waals surface area contributed by atoms with Crippen LogP contribution < -0.4 is 0 Å². The first-order chi connectivity index (χ1) is 6.40. The molecule has 0 aliphatic carbocycles. The van der Waals surface area contributed by atoms with Crippen molar-refractivity contribution in [3.8, 4) is 0 Å². The average Bonchev–Trinajstić information content (AvgIpc) is 2.57. The van der Waals surface area contributed by atoms with Crippen molar-refractivity contribution < 1.29 is 26.2 Å². The van der Waals surface area contributed by atoms with Gasteiger partial charge in [0.25, 0.3) is 0 Å². The molecule has 0 bridgehead atoms. The second kappa shape index (κ2) is 5.56. The van der Waals surface area contributed by atoms with Crippen LogP contribution >= 0.6 is 0 Å². The summed E-state index contributed by atoms with van der Waals surface area (Å²) in [6, 6.07) is 13.2. The zero-order valence-electron chi connectivity index (χ0n) is 8.59. The van der Waals surface area contributed by atoms with Gasteiger partial charge in [0.1, 0.15) is 0 Å². The van der Waals surface area contributed by atoms with E-state index in [9.17, 15) is 0 Å². The van der Waals surface area contributed by atoms with Crippen LogP contribution in [-0.4, -0.2) is 0 Å². The van der Waals surface area contributed by atoms with Gasteiger partial charge in [0, 0.05) is 26.2 Å². The summed E-state index contributed by atoms with van der Waals surface area (Å²) >= 11 is 0. The van der Waals surface area contributed by atoms with Crippen LogP contribution in [0.3, 0.4) is 0 Å². The molecule has 14 heavy (non-hydrogen) atoms. The SMILES string of the molecule is CCCCc1cc2ccccc2[cH-]1.[Zr]. The number of benzene rings is 1. The van der Waals surface area contributed by atoms with Crippen LogP contribution in [0, 0.1) is 0 Å². The minimum absolute atomic E-state index is 0. The Bertz CT molecular complexity index is 354. The number of aryl methyl sites for hydroxylation is 1. The number of hydrogen-bond acceptors (Lipinski definition) is 0. The van der Waals surface area contributed by atoms with Gasteiger partial charge in [-0.25, -0.2) is 0 Å². The van der Waals surface area contributed by atoms with E-state index in [0.717, 1.165) is 0 Å². The van der Waals surface area contributed by atoms with Crippen LogP contribution in [0.5, 0.6) is 0 Å². The van der Waals surface area contributed by atoms with Gasteiger partial charge in [-0.15, -0.1) is 40.6 Å². The Morgan fingerprint density at radius 1 is 1.21 bits per heavy atom. The molecule has 1 heteroatoms. The van der Waals surface area contributed by atoms with Gasteiger partial charge in [-0.05, 0) is 6.42 Å². The zero-order chi connectivity index (χ0) is 9.10. The summed E-state index contributed by atoms with van der Waals surface area (Å²) in [6.45, 7) is 2.24. The van der Waals surface area contributed by atoms with Gasteiger partial charge < -0.3 is 0 Å². The summed E-state index contributed by atoms with van der Waals surface area (Å²) in [5.41, 5.74) is 1.49. The van der Waals surface area contributed by atoms with Crippen molar-refractivity contribution in [2.24, 2.45) is 0 Å². The molecular formula is C13H15Zr-. The van der Waals surface area contributed by atoms with Gasteiger partial charge in [-0.2, -0.15) is 6.07 Å². The minimum atomic E-state index is 0. The Morgan fingerprint density at radius 2 is 2.00 bits per heavy atom. The molecular weight excluding hydrogens is 247 g/mol. The molecule has 0 radical (unpaired) electrons. The third kappa shape index (κ3) is 2.61. The van der Waals surface area contributed by atoms with Crippen molar-refractivity contribution in [3.63, 3.8) is 0 Å². The van der Waals surface area contributed by atoms with Gasteiger partial charge in [0.05, 0.1) is 0 Å². The van der Waals surface area contributed by atoms with Gasteiger partial charge in [-0.3, -0.25) is 0 Å². The van der Waals surface area contributed by atoms with E-state index in [1.165, 1.54) is 35.6 Å². The molecule has 0 saturated heterocycles. The fourth-order valence-electron chi connectivity index (χ4n) is 1.74. The molecule has 0 heterocycles.